The fraction of sp³-hybridized carbons (Fsp3) is 0.500. The topological polar surface area (TPSA) is 86.9 Å². The van der Waals surface area contributed by atoms with Crippen LogP contribution >= 0.6 is 11.3 Å². The maximum atomic E-state index is 12.5. The van der Waals surface area contributed by atoms with Gasteiger partial charge in [0.1, 0.15) is 11.9 Å². The van der Waals surface area contributed by atoms with Crippen LogP contribution in [0.25, 0.3) is 10.4 Å². The first-order chi connectivity index (χ1) is 12.2. The number of carbonyl (C=O) groups is 2. The summed E-state index contributed by atoms with van der Waals surface area (Å²) < 4.78 is 4.17. The van der Waals surface area contributed by atoms with Crippen LogP contribution in [0.3, 0.4) is 0 Å². The van der Waals surface area contributed by atoms with Crippen LogP contribution in [-0.4, -0.2) is 43.7 Å². The number of rotatable bonds is 3. The summed E-state index contributed by atoms with van der Waals surface area (Å²) in [6, 6.07) is -0.289. The van der Waals surface area contributed by atoms with Gasteiger partial charge in [0.05, 0.1) is 30.0 Å². The van der Waals surface area contributed by atoms with Crippen LogP contribution in [0.1, 0.15) is 30.2 Å². The molecule has 0 saturated carbocycles. The van der Waals surface area contributed by atoms with Gasteiger partial charge in [0.15, 0.2) is 5.69 Å². The summed E-state index contributed by atoms with van der Waals surface area (Å²) in [6.45, 7) is 7.58. The highest BCUT2D eigenvalue weighted by atomic mass is 32.1. The number of nitrogens with zero attached hydrogens (tertiary/aromatic N) is 3. The molecule has 4 rings (SSSR count). The first kappa shape index (κ1) is 17.2. The van der Waals surface area contributed by atoms with Crippen LogP contribution in [0.5, 0.6) is 0 Å². The third kappa shape index (κ3) is 1.94. The molecule has 2 aromatic heterocycles. The highest BCUT2D eigenvalue weighted by molar-refractivity contribution is 7.18. The Morgan fingerprint density at radius 3 is 2.58 bits per heavy atom. The van der Waals surface area contributed by atoms with E-state index >= 15 is 0 Å². The largest absolute Gasteiger partial charge is 0.477 e. The van der Waals surface area contributed by atoms with Gasteiger partial charge in [0.2, 0.25) is 10.7 Å². The van der Waals surface area contributed by atoms with Crippen molar-refractivity contribution in [3.05, 3.63) is 28.3 Å². The summed E-state index contributed by atoms with van der Waals surface area (Å²) in [4.78, 5) is 27.7. The van der Waals surface area contributed by atoms with Gasteiger partial charge in [-0.1, -0.05) is 18.3 Å². The molecule has 2 N–H and O–H groups in total. The number of aromatic nitrogens is 2. The number of hydrogen-bond acceptors (Lipinski definition) is 4. The van der Waals surface area contributed by atoms with Crippen LogP contribution in [0.2, 0.25) is 0 Å². The van der Waals surface area contributed by atoms with Gasteiger partial charge in [-0.2, -0.15) is 4.40 Å². The van der Waals surface area contributed by atoms with E-state index < -0.39 is 18.0 Å². The third-order valence-electron chi connectivity index (χ3n) is 5.96. The number of carboxylic acids is 1. The Hall–Kier alpha value is -2.19. The number of fused-ring (bicyclic) bond motifs is 2. The van der Waals surface area contributed by atoms with E-state index in [1.165, 1.54) is 4.90 Å². The van der Waals surface area contributed by atoms with Gasteiger partial charge in [0.25, 0.3) is 5.82 Å². The van der Waals surface area contributed by atoms with Crippen molar-refractivity contribution in [2.75, 3.05) is 0 Å². The summed E-state index contributed by atoms with van der Waals surface area (Å²) in [6.07, 6.45) is 1.17. The second-order valence-electron chi connectivity index (χ2n) is 7.28. The summed E-state index contributed by atoms with van der Waals surface area (Å²) in [5.74, 6) is -1.01. The molecule has 0 radical (unpaired) electrons. The summed E-state index contributed by atoms with van der Waals surface area (Å²) in [7, 11) is 2.00. The number of aliphatic hydroxyl groups excluding tert-OH is 1. The van der Waals surface area contributed by atoms with Crippen molar-refractivity contribution in [1.82, 2.24) is 9.47 Å². The molecule has 138 valence electrons. The number of β-lactam (4-membered cyclic amide) rings is 1. The molecule has 1 saturated heterocycles. The molecule has 8 heteroatoms. The molecule has 2 aromatic rings. The van der Waals surface area contributed by atoms with Gasteiger partial charge in [-0.15, -0.1) is 0 Å². The van der Waals surface area contributed by atoms with E-state index in [1.807, 2.05) is 34.0 Å². The number of hydrogen-bond donors (Lipinski definition) is 2. The van der Waals surface area contributed by atoms with Crippen molar-refractivity contribution in [2.24, 2.45) is 18.9 Å². The van der Waals surface area contributed by atoms with Crippen LogP contribution < -0.4 is 4.40 Å². The molecule has 7 nitrogen and oxygen atoms in total. The van der Waals surface area contributed by atoms with E-state index in [0.29, 0.717) is 5.57 Å². The Bertz CT molecular complexity index is 962. The Labute approximate surface area is 154 Å². The zero-order valence-electron chi connectivity index (χ0n) is 15.3. The van der Waals surface area contributed by atoms with E-state index in [1.54, 1.807) is 18.3 Å². The average molecular weight is 376 g/mol. The minimum atomic E-state index is -1.09. The lowest BCUT2D eigenvalue weighted by Gasteiger charge is -2.46. The molecule has 2 aliphatic rings. The van der Waals surface area contributed by atoms with Crippen LogP contribution in [0.4, 0.5) is 0 Å². The molecule has 0 aliphatic carbocycles. The van der Waals surface area contributed by atoms with Gasteiger partial charge < -0.3 is 15.1 Å². The lowest BCUT2D eigenvalue weighted by Crippen LogP contribution is -2.63. The molecule has 2 aliphatic heterocycles. The standard InChI is InChI=1S/C18H21N3O4S/c1-7-12(11-6-20-10(4)19(5)8(2)17(20)26-11)15(18(24)25)21-14(7)13(9(3)22)16(21)23/h6-7,9,13-14,22H,1-5H3/p+1/t7-,9+,13+,14-/m0/s1. The zero-order chi connectivity index (χ0) is 19.1. The Balaban J connectivity index is 1.89. The van der Waals surface area contributed by atoms with Crippen molar-refractivity contribution in [3.63, 3.8) is 0 Å². The SMILES string of the molecule is Cc1c2sc(C3=C(C(=O)O)N4C(=O)[C@H]([C@@H](C)O)[C@@H]4[C@H]3C)c[n+]2c(C)n1C. The monoisotopic (exact) mass is 376 g/mol. The van der Waals surface area contributed by atoms with Gasteiger partial charge in [-0.05, 0) is 6.92 Å². The number of aryl methyl sites for hydroxylation is 2. The number of imidazole rings is 1. The van der Waals surface area contributed by atoms with Crippen LogP contribution in [-0.2, 0) is 16.6 Å². The summed E-state index contributed by atoms with van der Waals surface area (Å²) in [5, 5.41) is 19.7. The zero-order valence-corrected chi connectivity index (χ0v) is 16.2. The van der Waals surface area contributed by atoms with Crippen LogP contribution in [0, 0.1) is 25.7 Å². The van der Waals surface area contributed by atoms with Crippen molar-refractivity contribution >= 4 is 33.6 Å². The third-order valence-corrected chi connectivity index (χ3v) is 7.19. The van der Waals surface area contributed by atoms with Crippen molar-refractivity contribution in [1.29, 1.82) is 0 Å². The second-order valence-corrected chi connectivity index (χ2v) is 8.31. The number of carboxylic acid groups (broad SMARTS) is 1. The molecule has 4 atom stereocenters. The first-order valence-corrected chi connectivity index (χ1v) is 9.44. The fourth-order valence-electron chi connectivity index (χ4n) is 4.41. The lowest BCUT2D eigenvalue weighted by molar-refractivity contribution is -0.516. The van der Waals surface area contributed by atoms with E-state index in [4.69, 9.17) is 0 Å². The molecule has 0 bridgehead atoms. The molecule has 1 amide bonds. The molecular formula is C18H22N3O4S+. The summed E-state index contributed by atoms with van der Waals surface area (Å²) >= 11 is 1.54. The minimum absolute atomic E-state index is 0.0635. The molecule has 0 unspecified atom stereocenters. The number of thiazole rings is 1. The quantitative estimate of drug-likeness (QED) is 0.620. The summed E-state index contributed by atoms with van der Waals surface area (Å²) in [5.41, 5.74) is 1.87. The number of amides is 1. The number of aliphatic carboxylic acids is 1. The van der Waals surface area contributed by atoms with Gasteiger partial charge in [-0.25, -0.2) is 9.36 Å². The Kier molecular flexibility index (Phi) is 3.58. The molecule has 4 heterocycles. The fourth-order valence-corrected chi connectivity index (χ4v) is 5.74. The minimum Gasteiger partial charge on any atom is -0.477 e. The van der Waals surface area contributed by atoms with Gasteiger partial charge in [0, 0.05) is 25.3 Å². The average Bonchev–Trinajstić information content (AvgIpc) is 3.15. The van der Waals surface area contributed by atoms with Gasteiger partial charge >= 0.3 is 5.97 Å². The smallest absolute Gasteiger partial charge is 0.352 e. The van der Waals surface area contributed by atoms with E-state index in [2.05, 4.69) is 8.97 Å². The predicted molar refractivity (Wildman–Crippen MR) is 95.4 cm³/mol. The van der Waals surface area contributed by atoms with E-state index in [0.717, 1.165) is 21.2 Å². The number of carbonyl (C=O) groups excluding carboxylic acids is 1. The maximum Gasteiger partial charge on any atom is 0.352 e. The number of aliphatic hydroxyl groups is 1. The molecule has 1 fully saturated rings. The van der Waals surface area contributed by atoms with Crippen molar-refractivity contribution in [2.45, 2.75) is 39.8 Å². The predicted octanol–water partition coefficient (Wildman–Crippen LogP) is 1.10. The second kappa shape index (κ2) is 5.40. The van der Waals surface area contributed by atoms with E-state index in [9.17, 15) is 19.8 Å². The van der Waals surface area contributed by atoms with E-state index in [-0.39, 0.29) is 23.6 Å². The Morgan fingerprint density at radius 1 is 1.38 bits per heavy atom. The molecule has 0 spiro atoms. The van der Waals surface area contributed by atoms with Crippen molar-refractivity contribution in [3.8, 4) is 0 Å². The lowest BCUT2D eigenvalue weighted by atomic mass is 9.77. The van der Waals surface area contributed by atoms with Gasteiger partial charge in [-0.3, -0.25) is 4.79 Å². The van der Waals surface area contributed by atoms with Crippen molar-refractivity contribution < 1.29 is 24.2 Å². The molecular weight excluding hydrogens is 354 g/mol. The highest BCUT2D eigenvalue weighted by Gasteiger charge is 2.60. The molecule has 26 heavy (non-hydrogen) atoms. The molecule has 0 aromatic carbocycles. The maximum absolute atomic E-state index is 12.5. The highest BCUT2D eigenvalue weighted by Crippen LogP contribution is 2.51. The normalized spacial score (nSPS) is 26.5. The van der Waals surface area contributed by atoms with Crippen LogP contribution in [0.15, 0.2) is 11.9 Å². The Morgan fingerprint density at radius 2 is 2.04 bits per heavy atom. The first-order valence-electron chi connectivity index (χ1n) is 8.62.